The molecule has 0 aromatic heterocycles. The van der Waals surface area contributed by atoms with Gasteiger partial charge in [0.1, 0.15) is 17.4 Å². The molecule has 3 N–H and O–H groups in total. The van der Waals surface area contributed by atoms with Crippen molar-refractivity contribution >= 4 is 29.5 Å². The van der Waals surface area contributed by atoms with Gasteiger partial charge in [-0.05, 0) is 78.5 Å². The van der Waals surface area contributed by atoms with Crippen LogP contribution in [0.3, 0.4) is 0 Å². The topological polar surface area (TPSA) is 114 Å². The lowest BCUT2D eigenvalue weighted by Gasteiger charge is -2.44. The first kappa shape index (κ1) is 28.2. The molecule has 0 aliphatic carbocycles. The molecule has 0 saturated carbocycles. The summed E-state index contributed by atoms with van der Waals surface area (Å²) in [5.41, 5.74) is 4.48. The maximum absolute atomic E-state index is 13.7. The zero-order valence-corrected chi connectivity index (χ0v) is 22.9. The Bertz CT molecular complexity index is 976. The van der Waals surface area contributed by atoms with Gasteiger partial charge in [-0.3, -0.25) is 14.5 Å². The van der Waals surface area contributed by atoms with Crippen LogP contribution in [0.5, 0.6) is 0 Å². The van der Waals surface area contributed by atoms with Gasteiger partial charge in [-0.25, -0.2) is 4.79 Å². The molecule has 1 aromatic rings. The Labute approximate surface area is 218 Å². The van der Waals surface area contributed by atoms with Crippen LogP contribution in [0.25, 0.3) is 0 Å². The number of benzene rings is 1. The molecular weight excluding hydrogens is 484 g/mol. The summed E-state index contributed by atoms with van der Waals surface area (Å²) < 4.78 is 11.4. The van der Waals surface area contributed by atoms with Crippen molar-refractivity contribution < 1.29 is 23.9 Å². The van der Waals surface area contributed by atoms with Gasteiger partial charge in [-0.15, -0.1) is 0 Å². The van der Waals surface area contributed by atoms with E-state index in [0.717, 1.165) is 5.56 Å². The maximum atomic E-state index is 13.7. The molecule has 10 heteroatoms. The molecule has 2 aliphatic heterocycles. The average molecular weight is 523 g/mol. The normalized spacial score (nSPS) is 24.8. The lowest BCUT2D eigenvalue weighted by atomic mass is 9.82. The van der Waals surface area contributed by atoms with Gasteiger partial charge < -0.3 is 25.4 Å². The number of likely N-dealkylation sites (tertiary alicyclic amines) is 1. The van der Waals surface area contributed by atoms with Gasteiger partial charge >= 0.3 is 6.09 Å². The van der Waals surface area contributed by atoms with E-state index in [2.05, 4.69) is 5.32 Å². The van der Waals surface area contributed by atoms with Gasteiger partial charge in [-0.2, -0.15) is 0 Å². The van der Waals surface area contributed by atoms with Gasteiger partial charge in [0.05, 0.1) is 18.2 Å². The van der Waals surface area contributed by atoms with Gasteiger partial charge in [0.25, 0.3) is 0 Å². The minimum absolute atomic E-state index is 0.0596. The molecule has 0 radical (unpaired) electrons. The number of piperidine rings is 1. The lowest BCUT2D eigenvalue weighted by Crippen LogP contribution is -2.65. The number of rotatable bonds is 5. The fourth-order valence-corrected chi connectivity index (χ4v) is 5.00. The number of hydrogen-bond acceptors (Lipinski definition) is 6. The first-order valence-corrected chi connectivity index (χ1v) is 12.8. The molecular formula is C26H39ClN4O5. The monoisotopic (exact) mass is 522 g/mol. The van der Waals surface area contributed by atoms with E-state index >= 15 is 0 Å². The Balaban J connectivity index is 1.89. The van der Waals surface area contributed by atoms with Crippen molar-refractivity contribution in [3.8, 4) is 0 Å². The van der Waals surface area contributed by atoms with E-state index in [0.29, 0.717) is 30.8 Å². The van der Waals surface area contributed by atoms with Crippen molar-refractivity contribution in [3.05, 3.63) is 34.9 Å². The first-order valence-electron chi connectivity index (χ1n) is 12.4. The van der Waals surface area contributed by atoms with Gasteiger partial charge in [0, 0.05) is 18.1 Å². The Morgan fingerprint density at radius 1 is 1.25 bits per heavy atom. The molecule has 200 valence electrons. The highest BCUT2D eigenvalue weighted by Crippen LogP contribution is 2.31. The summed E-state index contributed by atoms with van der Waals surface area (Å²) in [6, 6.07) is 5.82. The molecule has 2 saturated heterocycles. The maximum Gasteiger partial charge on any atom is 0.410 e. The third kappa shape index (κ3) is 6.69. The highest BCUT2D eigenvalue weighted by atomic mass is 35.5. The number of nitrogens with one attached hydrogen (secondary N) is 1. The van der Waals surface area contributed by atoms with Gasteiger partial charge in [0.2, 0.25) is 11.8 Å². The van der Waals surface area contributed by atoms with E-state index in [1.807, 2.05) is 32.9 Å². The quantitative estimate of drug-likeness (QED) is 0.614. The second-order valence-electron chi connectivity index (χ2n) is 11.3. The van der Waals surface area contributed by atoms with E-state index in [1.165, 1.54) is 4.90 Å². The molecule has 2 aliphatic rings. The van der Waals surface area contributed by atoms with Crippen molar-refractivity contribution in [1.82, 2.24) is 15.1 Å². The van der Waals surface area contributed by atoms with E-state index in [4.69, 9.17) is 26.8 Å². The summed E-state index contributed by atoms with van der Waals surface area (Å²) in [5.74, 6) is -0.696. The Morgan fingerprint density at radius 3 is 2.47 bits per heavy atom. The molecule has 9 nitrogen and oxygen atoms in total. The van der Waals surface area contributed by atoms with Gasteiger partial charge in [0.15, 0.2) is 0 Å². The minimum atomic E-state index is -0.967. The molecule has 3 amide bonds. The molecule has 3 atom stereocenters. The van der Waals surface area contributed by atoms with Crippen LogP contribution in [0.1, 0.15) is 59.9 Å². The fourth-order valence-electron chi connectivity index (χ4n) is 4.88. The SMILES string of the molecule is CC(N)C(=O)N1C(C(=O)NC2(Cc3ccc(Cl)cc3)CCCN(C(=O)OC(C)(C)C)C2)COC1(C)C. The van der Waals surface area contributed by atoms with Crippen LogP contribution in [0.2, 0.25) is 5.02 Å². The zero-order valence-electron chi connectivity index (χ0n) is 22.1. The molecule has 1 aromatic carbocycles. The van der Waals surface area contributed by atoms with Crippen molar-refractivity contribution in [2.24, 2.45) is 5.73 Å². The minimum Gasteiger partial charge on any atom is -0.444 e. The first-order chi connectivity index (χ1) is 16.6. The Kier molecular flexibility index (Phi) is 8.27. The molecule has 3 unspecified atom stereocenters. The van der Waals surface area contributed by atoms with Crippen LogP contribution < -0.4 is 11.1 Å². The number of ether oxygens (including phenoxy) is 2. The number of halogens is 1. The van der Waals surface area contributed by atoms with Crippen LogP contribution >= 0.6 is 11.6 Å². The third-order valence-electron chi connectivity index (χ3n) is 6.49. The highest BCUT2D eigenvalue weighted by Gasteiger charge is 2.49. The summed E-state index contributed by atoms with van der Waals surface area (Å²) in [6.45, 7) is 11.4. The number of hydrogen-bond donors (Lipinski definition) is 2. The number of amides is 3. The second-order valence-corrected chi connectivity index (χ2v) is 11.8. The number of nitrogens with two attached hydrogens (primary N) is 1. The average Bonchev–Trinajstić information content (AvgIpc) is 3.08. The summed E-state index contributed by atoms with van der Waals surface area (Å²) in [5, 5.41) is 3.83. The van der Waals surface area contributed by atoms with Crippen molar-refractivity contribution in [2.45, 2.75) is 89.8 Å². The van der Waals surface area contributed by atoms with Crippen molar-refractivity contribution in [1.29, 1.82) is 0 Å². The summed E-state index contributed by atoms with van der Waals surface area (Å²) >= 11 is 6.08. The highest BCUT2D eigenvalue weighted by molar-refractivity contribution is 6.30. The molecule has 3 rings (SSSR count). The van der Waals surface area contributed by atoms with Crippen LogP contribution in [0, 0.1) is 0 Å². The predicted molar refractivity (Wildman–Crippen MR) is 137 cm³/mol. The van der Waals surface area contributed by atoms with Crippen LogP contribution in [0.15, 0.2) is 24.3 Å². The van der Waals surface area contributed by atoms with E-state index < -0.39 is 35.0 Å². The smallest absolute Gasteiger partial charge is 0.410 e. The number of nitrogens with zero attached hydrogens (tertiary/aromatic N) is 2. The molecule has 2 heterocycles. The predicted octanol–water partition coefficient (Wildman–Crippen LogP) is 3.08. The molecule has 2 fully saturated rings. The molecule has 0 bridgehead atoms. The van der Waals surface area contributed by atoms with Crippen LogP contribution in [-0.2, 0) is 25.5 Å². The summed E-state index contributed by atoms with van der Waals surface area (Å²) in [4.78, 5) is 42.6. The standard InChI is InChI=1S/C26H39ClN4O5/c1-17(28)22(33)31-20(15-35-25(31,5)6)21(32)29-26(14-18-8-10-19(27)11-9-18)12-7-13-30(16-26)23(34)36-24(2,3)4/h8-11,17,20H,7,12-16,28H2,1-6H3,(H,29,32). The number of carbonyl (C=O) groups excluding carboxylic acids is 3. The number of carbonyl (C=O) groups is 3. The zero-order chi connectivity index (χ0) is 26.9. The van der Waals surface area contributed by atoms with E-state index in [-0.39, 0.29) is 25.0 Å². The van der Waals surface area contributed by atoms with Crippen LogP contribution in [-0.4, -0.2) is 76.4 Å². The Morgan fingerprint density at radius 2 is 1.89 bits per heavy atom. The largest absolute Gasteiger partial charge is 0.444 e. The van der Waals surface area contributed by atoms with Gasteiger partial charge in [-0.1, -0.05) is 23.7 Å². The summed E-state index contributed by atoms with van der Waals surface area (Å²) in [6.07, 6.45) is 1.39. The van der Waals surface area contributed by atoms with E-state index in [1.54, 1.807) is 37.8 Å². The lowest BCUT2D eigenvalue weighted by molar-refractivity contribution is -0.151. The summed E-state index contributed by atoms with van der Waals surface area (Å²) in [7, 11) is 0. The Hall–Kier alpha value is -2.36. The van der Waals surface area contributed by atoms with E-state index in [9.17, 15) is 14.4 Å². The van der Waals surface area contributed by atoms with Crippen molar-refractivity contribution in [3.63, 3.8) is 0 Å². The molecule has 36 heavy (non-hydrogen) atoms. The fraction of sp³-hybridized carbons (Fsp3) is 0.654. The second kappa shape index (κ2) is 10.6. The van der Waals surface area contributed by atoms with Crippen LogP contribution in [0.4, 0.5) is 4.79 Å². The van der Waals surface area contributed by atoms with Crippen molar-refractivity contribution in [2.75, 3.05) is 19.7 Å². The molecule has 0 spiro atoms. The third-order valence-corrected chi connectivity index (χ3v) is 6.74.